The van der Waals surface area contributed by atoms with E-state index in [1.165, 1.54) is 6.42 Å². The number of unbranched alkanes of at least 4 members (excludes halogenated alkanes) is 1. The molecule has 5 N–H and O–H groups in total. The first kappa shape index (κ1) is 22.1. The number of aryl methyl sites for hydroxylation is 1. The molecular formula is C22H32ClN5. The number of nitrogens with zero attached hydrogens (tertiary/aromatic N) is 2. The Bertz CT molecular complexity index is 780. The van der Waals surface area contributed by atoms with Crippen molar-refractivity contribution in [2.24, 2.45) is 10.7 Å². The van der Waals surface area contributed by atoms with Crippen LogP contribution in [0.4, 0.5) is 11.4 Å². The van der Waals surface area contributed by atoms with Crippen LogP contribution in [-0.4, -0.2) is 37.5 Å². The maximum Gasteiger partial charge on any atom is 0.193 e. The molecule has 0 amide bonds. The van der Waals surface area contributed by atoms with Crippen LogP contribution in [0.15, 0.2) is 41.4 Å². The molecule has 2 aromatic carbocycles. The number of hydrogen-bond donors (Lipinski definition) is 3. The molecular weight excluding hydrogens is 370 g/mol. The van der Waals surface area contributed by atoms with E-state index < -0.39 is 0 Å². The largest absolute Gasteiger partial charge is 0.397 e. The molecule has 0 aliphatic heterocycles. The zero-order valence-corrected chi connectivity index (χ0v) is 17.9. The van der Waals surface area contributed by atoms with Gasteiger partial charge in [0.1, 0.15) is 0 Å². The quantitative estimate of drug-likeness (QED) is 0.245. The van der Waals surface area contributed by atoms with Gasteiger partial charge in [0, 0.05) is 17.1 Å². The zero-order valence-electron chi connectivity index (χ0n) is 17.1. The minimum absolute atomic E-state index is 0.391. The van der Waals surface area contributed by atoms with Gasteiger partial charge in [-0.1, -0.05) is 36.7 Å². The third kappa shape index (κ3) is 6.43. The lowest BCUT2D eigenvalue weighted by Gasteiger charge is -2.15. The first-order valence-electron chi connectivity index (χ1n) is 9.82. The molecule has 0 aliphatic carbocycles. The third-order valence-corrected chi connectivity index (χ3v) is 4.97. The highest BCUT2D eigenvalue weighted by Crippen LogP contribution is 2.33. The maximum absolute atomic E-state index is 6.31. The summed E-state index contributed by atoms with van der Waals surface area (Å²) in [6.45, 7) is 7.12. The highest BCUT2D eigenvalue weighted by Gasteiger charge is 2.10. The minimum Gasteiger partial charge on any atom is -0.397 e. The van der Waals surface area contributed by atoms with Gasteiger partial charge in [-0.05, 0) is 75.6 Å². The van der Waals surface area contributed by atoms with Gasteiger partial charge in [-0.3, -0.25) is 4.99 Å². The summed E-state index contributed by atoms with van der Waals surface area (Å²) >= 11 is 6.31. The van der Waals surface area contributed by atoms with E-state index in [1.54, 1.807) is 0 Å². The fourth-order valence-corrected chi connectivity index (χ4v) is 3.44. The van der Waals surface area contributed by atoms with Gasteiger partial charge < -0.3 is 21.7 Å². The highest BCUT2D eigenvalue weighted by atomic mass is 35.5. The molecule has 0 radical (unpaired) electrons. The van der Waals surface area contributed by atoms with Crippen LogP contribution in [-0.2, 0) is 0 Å². The summed E-state index contributed by atoms with van der Waals surface area (Å²) in [5.41, 5.74) is 16.7. The molecule has 5 nitrogen and oxygen atoms in total. The van der Waals surface area contributed by atoms with Crippen molar-refractivity contribution in [3.63, 3.8) is 0 Å². The lowest BCUT2D eigenvalue weighted by Crippen LogP contribution is -2.24. The van der Waals surface area contributed by atoms with Gasteiger partial charge in [0.25, 0.3) is 0 Å². The number of nitrogen functional groups attached to an aromatic ring is 1. The van der Waals surface area contributed by atoms with Gasteiger partial charge in [0.2, 0.25) is 0 Å². The van der Waals surface area contributed by atoms with Gasteiger partial charge in [-0.2, -0.15) is 0 Å². The monoisotopic (exact) mass is 401 g/mol. The minimum atomic E-state index is 0.391. The van der Waals surface area contributed by atoms with Gasteiger partial charge >= 0.3 is 0 Å². The lowest BCUT2D eigenvalue weighted by molar-refractivity contribution is 0.327. The van der Waals surface area contributed by atoms with Crippen molar-refractivity contribution >= 4 is 28.9 Å². The van der Waals surface area contributed by atoms with E-state index >= 15 is 0 Å². The van der Waals surface area contributed by atoms with E-state index in [0.29, 0.717) is 23.2 Å². The second-order valence-corrected chi connectivity index (χ2v) is 7.55. The summed E-state index contributed by atoms with van der Waals surface area (Å²) in [6, 6.07) is 11.7. The fraction of sp³-hybridized carbons (Fsp3) is 0.409. The fourth-order valence-electron chi connectivity index (χ4n) is 3.19. The van der Waals surface area contributed by atoms with E-state index in [1.807, 2.05) is 37.3 Å². The number of benzene rings is 2. The van der Waals surface area contributed by atoms with Crippen molar-refractivity contribution in [2.75, 3.05) is 37.7 Å². The van der Waals surface area contributed by atoms with E-state index in [-0.39, 0.29) is 0 Å². The van der Waals surface area contributed by atoms with Crippen LogP contribution >= 0.6 is 11.6 Å². The first-order valence-corrected chi connectivity index (χ1v) is 10.2. The predicted octanol–water partition coefficient (Wildman–Crippen LogP) is 4.75. The average Bonchev–Trinajstić information content (AvgIpc) is 2.65. The average molecular weight is 402 g/mol. The molecule has 152 valence electrons. The van der Waals surface area contributed by atoms with Crippen molar-refractivity contribution in [1.29, 1.82) is 0 Å². The Kier molecular flexibility index (Phi) is 8.61. The second kappa shape index (κ2) is 10.9. The Labute approximate surface area is 173 Å². The normalized spacial score (nSPS) is 11.8. The van der Waals surface area contributed by atoms with Crippen LogP contribution < -0.4 is 16.8 Å². The van der Waals surface area contributed by atoms with Crippen LogP contribution in [0.1, 0.15) is 31.7 Å². The van der Waals surface area contributed by atoms with Crippen LogP contribution in [0.5, 0.6) is 0 Å². The van der Waals surface area contributed by atoms with E-state index in [9.17, 15) is 0 Å². The number of guanidine groups is 1. The number of hydrogen-bond acceptors (Lipinski definition) is 3. The predicted molar refractivity (Wildman–Crippen MR) is 123 cm³/mol. The van der Waals surface area contributed by atoms with E-state index in [2.05, 4.69) is 35.2 Å². The SMILES string of the molecule is CCCN(C)CCCCN=C(N)Nc1c(C)cc(-c2ccccc2Cl)cc1N. The Balaban J connectivity index is 1.97. The summed E-state index contributed by atoms with van der Waals surface area (Å²) in [4.78, 5) is 6.77. The van der Waals surface area contributed by atoms with Crippen LogP contribution in [0.2, 0.25) is 5.02 Å². The smallest absolute Gasteiger partial charge is 0.193 e. The standard InChI is InChI=1S/C22H32ClN5/c1-4-12-28(3)13-8-7-11-26-22(25)27-21-16(2)14-17(15-20(21)24)18-9-5-6-10-19(18)23/h5-6,9-10,14-15H,4,7-8,11-13,24H2,1-3H3,(H3,25,26,27). The number of rotatable bonds is 9. The number of nitrogens with two attached hydrogens (primary N) is 2. The van der Waals surface area contributed by atoms with Gasteiger partial charge in [-0.15, -0.1) is 0 Å². The van der Waals surface area contributed by atoms with Crippen LogP contribution in [0.3, 0.4) is 0 Å². The third-order valence-electron chi connectivity index (χ3n) is 4.64. The summed E-state index contributed by atoms with van der Waals surface area (Å²) < 4.78 is 0. The Morgan fingerprint density at radius 2 is 1.93 bits per heavy atom. The topological polar surface area (TPSA) is 79.7 Å². The Morgan fingerprint density at radius 1 is 1.18 bits per heavy atom. The highest BCUT2D eigenvalue weighted by molar-refractivity contribution is 6.33. The molecule has 0 aliphatic rings. The Morgan fingerprint density at radius 3 is 2.61 bits per heavy atom. The molecule has 0 heterocycles. The van der Waals surface area contributed by atoms with Gasteiger partial charge in [-0.25, -0.2) is 0 Å². The molecule has 0 bridgehead atoms. The van der Waals surface area contributed by atoms with Crippen LogP contribution in [0, 0.1) is 6.92 Å². The van der Waals surface area contributed by atoms with Crippen LogP contribution in [0.25, 0.3) is 11.1 Å². The number of aliphatic imine (C=N–C) groups is 1. The molecule has 0 aromatic heterocycles. The molecule has 6 heteroatoms. The van der Waals surface area contributed by atoms with Crippen molar-refractivity contribution in [3.05, 3.63) is 47.0 Å². The summed E-state index contributed by atoms with van der Waals surface area (Å²) in [6.07, 6.45) is 3.30. The summed E-state index contributed by atoms with van der Waals surface area (Å²) in [5.74, 6) is 0.391. The molecule has 2 aromatic rings. The molecule has 0 unspecified atom stereocenters. The molecule has 2 rings (SSSR count). The number of nitrogens with one attached hydrogen (secondary N) is 1. The molecule has 0 fully saturated rings. The van der Waals surface area contributed by atoms with Crippen molar-refractivity contribution in [1.82, 2.24) is 4.90 Å². The molecule has 0 saturated carbocycles. The van der Waals surface area contributed by atoms with E-state index in [0.717, 1.165) is 48.3 Å². The van der Waals surface area contributed by atoms with E-state index in [4.69, 9.17) is 23.1 Å². The molecule has 0 spiro atoms. The van der Waals surface area contributed by atoms with Crippen molar-refractivity contribution in [2.45, 2.75) is 33.1 Å². The maximum atomic E-state index is 6.31. The zero-order chi connectivity index (χ0) is 20.5. The number of halogens is 1. The summed E-state index contributed by atoms with van der Waals surface area (Å²) in [7, 11) is 2.15. The van der Waals surface area contributed by atoms with Crippen molar-refractivity contribution in [3.8, 4) is 11.1 Å². The molecule has 0 atom stereocenters. The molecule has 28 heavy (non-hydrogen) atoms. The molecule has 0 saturated heterocycles. The lowest BCUT2D eigenvalue weighted by atomic mass is 10.0. The van der Waals surface area contributed by atoms with Gasteiger partial charge in [0.05, 0.1) is 11.4 Å². The first-order chi connectivity index (χ1) is 13.4. The summed E-state index contributed by atoms with van der Waals surface area (Å²) in [5, 5.41) is 3.85. The number of anilines is 2. The van der Waals surface area contributed by atoms with Crippen molar-refractivity contribution < 1.29 is 0 Å². The Hall–Kier alpha value is -2.24. The second-order valence-electron chi connectivity index (χ2n) is 7.14. The van der Waals surface area contributed by atoms with Gasteiger partial charge in [0.15, 0.2) is 5.96 Å².